The molecule has 1 aromatic heterocycles. The van der Waals surface area contributed by atoms with E-state index in [1.54, 1.807) is 36.4 Å². The summed E-state index contributed by atoms with van der Waals surface area (Å²) in [6.45, 7) is 3.77. The van der Waals surface area contributed by atoms with E-state index in [0.717, 1.165) is 21.9 Å². The zero-order chi connectivity index (χ0) is 18.5. The predicted molar refractivity (Wildman–Crippen MR) is 101 cm³/mol. The Balaban J connectivity index is 1.88. The molecule has 26 heavy (non-hydrogen) atoms. The lowest BCUT2D eigenvalue weighted by atomic mass is 10.1. The third-order valence-corrected chi connectivity index (χ3v) is 5.56. The number of aromatic amines is 1. The van der Waals surface area contributed by atoms with Crippen LogP contribution in [-0.4, -0.2) is 18.5 Å². The van der Waals surface area contributed by atoms with E-state index in [0.29, 0.717) is 11.0 Å². The van der Waals surface area contributed by atoms with Crippen LogP contribution in [0.5, 0.6) is 11.5 Å². The van der Waals surface area contributed by atoms with Gasteiger partial charge in [-0.1, -0.05) is 17.7 Å². The summed E-state index contributed by atoms with van der Waals surface area (Å²) < 4.78 is 30.8. The van der Waals surface area contributed by atoms with E-state index in [-0.39, 0.29) is 16.4 Å². The summed E-state index contributed by atoms with van der Waals surface area (Å²) in [4.78, 5) is 3.25. The second-order valence-corrected chi connectivity index (χ2v) is 7.94. The van der Waals surface area contributed by atoms with Gasteiger partial charge in [0.15, 0.2) is 5.75 Å². The number of aromatic nitrogens is 1. The Morgan fingerprint density at radius 3 is 2.35 bits per heavy atom. The van der Waals surface area contributed by atoms with E-state index in [9.17, 15) is 13.5 Å². The number of rotatable bonds is 3. The molecule has 0 saturated carbocycles. The molecule has 3 aromatic carbocycles. The normalized spacial score (nSPS) is 11.9. The van der Waals surface area contributed by atoms with Crippen molar-refractivity contribution < 1.29 is 17.7 Å². The Hall–Kier alpha value is -2.99. The van der Waals surface area contributed by atoms with Crippen LogP contribution in [0, 0.1) is 13.8 Å². The highest BCUT2D eigenvalue weighted by molar-refractivity contribution is 7.87. The molecular formula is C20H17NO4S. The third kappa shape index (κ3) is 2.78. The first-order valence-corrected chi connectivity index (χ1v) is 9.50. The van der Waals surface area contributed by atoms with Crippen molar-refractivity contribution in [3.63, 3.8) is 0 Å². The molecule has 0 fully saturated rings. The van der Waals surface area contributed by atoms with Gasteiger partial charge in [0, 0.05) is 16.8 Å². The van der Waals surface area contributed by atoms with Gasteiger partial charge in [-0.2, -0.15) is 8.42 Å². The summed E-state index contributed by atoms with van der Waals surface area (Å²) in [5.41, 5.74) is 3.13. The Bertz CT molecular complexity index is 1240. The van der Waals surface area contributed by atoms with Crippen LogP contribution in [0.15, 0.2) is 59.5 Å². The van der Waals surface area contributed by atoms with E-state index < -0.39 is 10.1 Å². The molecule has 0 bridgehead atoms. The van der Waals surface area contributed by atoms with Crippen LogP contribution in [0.25, 0.3) is 21.8 Å². The van der Waals surface area contributed by atoms with E-state index in [1.165, 1.54) is 12.1 Å². The minimum atomic E-state index is -3.95. The monoisotopic (exact) mass is 367 g/mol. The zero-order valence-electron chi connectivity index (χ0n) is 14.3. The third-order valence-electron chi connectivity index (χ3n) is 4.31. The largest absolute Gasteiger partial charge is 0.508 e. The smallest absolute Gasteiger partial charge is 0.339 e. The molecule has 2 N–H and O–H groups in total. The number of nitrogens with one attached hydrogen (secondary N) is 1. The molecule has 132 valence electrons. The molecule has 0 aliphatic carbocycles. The average Bonchev–Trinajstić information content (AvgIpc) is 2.92. The number of hydrogen-bond acceptors (Lipinski definition) is 4. The molecule has 1 heterocycles. The first kappa shape index (κ1) is 16.5. The fourth-order valence-electron chi connectivity index (χ4n) is 3.04. The second kappa shape index (κ2) is 5.78. The van der Waals surface area contributed by atoms with Crippen LogP contribution >= 0.6 is 0 Å². The molecular weight excluding hydrogens is 350 g/mol. The number of phenols is 1. The van der Waals surface area contributed by atoms with Crippen LogP contribution in [-0.2, 0) is 10.1 Å². The highest BCUT2D eigenvalue weighted by Gasteiger charge is 2.20. The molecule has 0 unspecified atom stereocenters. The fraction of sp³-hybridized carbons (Fsp3) is 0.100. The Morgan fingerprint density at radius 2 is 1.62 bits per heavy atom. The minimum Gasteiger partial charge on any atom is -0.508 e. The molecule has 0 radical (unpaired) electrons. The van der Waals surface area contributed by atoms with Crippen molar-refractivity contribution in [1.82, 2.24) is 4.98 Å². The van der Waals surface area contributed by atoms with Gasteiger partial charge < -0.3 is 14.3 Å². The number of hydrogen-bond donors (Lipinski definition) is 2. The molecule has 6 heteroatoms. The van der Waals surface area contributed by atoms with Crippen LogP contribution < -0.4 is 4.18 Å². The lowest BCUT2D eigenvalue weighted by molar-refractivity contribution is 0.476. The highest BCUT2D eigenvalue weighted by Crippen LogP contribution is 2.35. The van der Waals surface area contributed by atoms with Gasteiger partial charge in [-0.15, -0.1) is 0 Å². The molecule has 0 aliphatic rings. The van der Waals surface area contributed by atoms with Gasteiger partial charge in [0.1, 0.15) is 10.6 Å². The molecule has 5 nitrogen and oxygen atoms in total. The van der Waals surface area contributed by atoms with Crippen LogP contribution in [0.2, 0.25) is 0 Å². The minimum absolute atomic E-state index is 0.103. The predicted octanol–water partition coefficient (Wildman–Crippen LogP) is 4.41. The average molecular weight is 367 g/mol. The van der Waals surface area contributed by atoms with Crippen molar-refractivity contribution in [2.45, 2.75) is 18.7 Å². The Kier molecular flexibility index (Phi) is 3.66. The molecule has 4 aromatic rings. The fourth-order valence-corrected chi connectivity index (χ4v) is 3.97. The van der Waals surface area contributed by atoms with Gasteiger partial charge in [-0.25, -0.2) is 0 Å². The number of H-pyrrole nitrogens is 1. The Labute approximate surface area is 151 Å². The summed E-state index contributed by atoms with van der Waals surface area (Å²) in [5, 5.41) is 11.4. The molecule has 0 atom stereocenters. The summed E-state index contributed by atoms with van der Waals surface area (Å²) in [7, 11) is -3.95. The summed E-state index contributed by atoms with van der Waals surface area (Å²) in [6.07, 6.45) is 0. The van der Waals surface area contributed by atoms with E-state index in [2.05, 4.69) is 4.98 Å². The van der Waals surface area contributed by atoms with Gasteiger partial charge in [0.05, 0.1) is 11.0 Å². The van der Waals surface area contributed by atoms with Crippen molar-refractivity contribution in [2.75, 3.05) is 0 Å². The zero-order valence-corrected chi connectivity index (χ0v) is 15.1. The SMILES string of the molecule is Cc1ccc(S(=O)(=O)Oc2cc(C)cc3c2[nH]c2cc(O)ccc23)cc1. The second-order valence-electron chi connectivity index (χ2n) is 6.39. The lowest BCUT2D eigenvalue weighted by Crippen LogP contribution is -2.10. The standard InChI is InChI=1S/C20H17NO4S/c1-12-3-6-15(7-4-12)26(23,24)25-19-10-13(2)9-17-16-8-5-14(22)11-18(16)21-20(17)19/h3-11,21-22H,1-2H3. The number of aromatic hydroxyl groups is 1. The van der Waals surface area contributed by atoms with Gasteiger partial charge in [0.25, 0.3) is 0 Å². The summed E-state index contributed by atoms with van der Waals surface area (Å²) in [6, 6.07) is 15.1. The maximum absolute atomic E-state index is 12.7. The van der Waals surface area contributed by atoms with Gasteiger partial charge >= 0.3 is 10.1 Å². The number of benzene rings is 3. The lowest BCUT2D eigenvalue weighted by Gasteiger charge is -2.09. The van der Waals surface area contributed by atoms with Crippen LogP contribution in [0.1, 0.15) is 11.1 Å². The molecule has 0 aliphatic heterocycles. The van der Waals surface area contributed by atoms with Crippen LogP contribution in [0.4, 0.5) is 0 Å². The quantitative estimate of drug-likeness (QED) is 0.526. The molecule has 4 rings (SSSR count). The van der Waals surface area contributed by atoms with Gasteiger partial charge in [0.2, 0.25) is 0 Å². The van der Waals surface area contributed by atoms with E-state index >= 15 is 0 Å². The van der Waals surface area contributed by atoms with E-state index in [1.807, 2.05) is 19.9 Å². The molecule has 0 spiro atoms. The van der Waals surface area contributed by atoms with Crippen molar-refractivity contribution in [3.05, 3.63) is 65.7 Å². The number of phenolic OH excluding ortho intramolecular Hbond substituents is 1. The summed E-state index contributed by atoms with van der Waals surface area (Å²) in [5.74, 6) is 0.367. The maximum Gasteiger partial charge on any atom is 0.339 e. The first-order valence-electron chi connectivity index (χ1n) is 8.10. The van der Waals surface area contributed by atoms with Gasteiger partial charge in [-0.05, 0) is 55.8 Å². The number of fused-ring (bicyclic) bond motifs is 3. The molecule has 0 saturated heterocycles. The van der Waals surface area contributed by atoms with Crippen molar-refractivity contribution >= 4 is 31.9 Å². The highest BCUT2D eigenvalue weighted by atomic mass is 32.2. The topological polar surface area (TPSA) is 79.4 Å². The first-order chi connectivity index (χ1) is 12.3. The summed E-state index contributed by atoms with van der Waals surface area (Å²) >= 11 is 0. The maximum atomic E-state index is 12.7. The van der Waals surface area contributed by atoms with Crippen molar-refractivity contribution in [2.24, 2.45) is 0 Å². The number of aryl methyl sites for hydroxylation is 2. The Morgan fingerprint density at radius 1 is 0.885 bits per heavy atom. The van der Waals surface area contributed by atoms with Crippen LogP contribution in [0.3, 0.4) is 0 Å². The van der Waals surface area contributed by atoms with Crippen molar-refractivity contribution in [1.29, 1.82) is 0 Å². The van der Waals surface area contributed by atoms with Crippen molar-refractivity contribution in [3.8, 4) is 11.5 Å². The van der Waals surface area contributed by atoms with Gasteiger partial charge in [-0.3, -0.25) is 0 Å². The van der Waals surface area contributed by atoms with E-state index in [4.69, 9.17) is 4.18 Å². The molecule has 0 amide bonds.